The van der Waals surface area contributed by atoms with Gasteiger partial charge >= 0.3 is 6.03 Å². The quantitative estimate of drug-likeness (QED) is 0.731. The number of carbonyl (C=O) groups excluding carboxylic acids is 2. The van der Waals surface area contributed by atoms with Crippen molar-refractivity contribution < 1.29 is 14.3 Å². The fraction of sp³-hybridized carbons (Fsp3) is 0.833. The van der Waals surface area contributed by atoms with Gasteiger partial charge in [0, 0.05) is 6.61 Å². The van der Waals surface area contributed by atoms with Crippen LogP contribution in [-0.4, -0.2) is 41.6 Å². The van der Waals surface area contributed by atoms with Crippen LogP contribution in [0, 0.1) is 0 Å². The van der Waals surface area contributed by atoms with Gasteiger partial charge in [-0.15, -0.1) is 0 Å². The number of amides is 3. The van der Waals surface area contributed by atoms with E-state index < -0.39 is 5.54 Å². The molecule has 3 amide bonds. The number of carbonyl (C=O) groups is 2. The van der Waals surface area contributed by atoms with Crippen LogP contribution in [0.3, 0.4) is 0 Å². The first-order valence-corrected chi connectivity index (χ1v) is 6.47. The van der Waals surface area contributed by atoms with Gasteiger partial charge in [0.1, 0.15) is 5.54 Å². The number of rotatable bonds is 2. The Kier molecular flexibility index (Phi) is 2.58. The largest absolute Gasteiger partial charge is 0.376 e. The molecule has 3 rings (SSSR count). The number of urea groups is 1. The predicted octanol–water partition coefficient (Wildman–Crippen LogP) is 1.03. The molecule has 0 aromatic carbocycles. The molecule has 94 valence electrons. The number of nitrogens with zero attached hydrogens (tertiary/aromatic N) is 1. The summed E-state index contributed by atoms with van der Waals surface area (Å²) >= 11 is 0. The predicted molar refractivity (Wildman–Crippen MR) is 60.4 cm³/mol. The van der Waals surface area contributed by atoms with Gasteiger partial charge in [0.25, 0.3) is 5.91 Å². The second kappa shape index (κ2) is 3.98. The van der Waals surface area contributed by atoms with Crippen LogP contribution in [0.15, 0.2) is 0 Å². The van der Waals surface area contributed by atoms with E-state index in [0.717, 1.165) is 45.1 Å². The van der Waals surface area contributed by atoms with E-state index in [1.54, 1.807) is 0 Å². The van der Waals surface area contributed by atoms with Gasteiger partial charge in [-0.2, -0.15) is 0 Å². The van der Waals surface area contributed by atoms with Crippen molar-refractivity contribution in [1.82, 2.24) is 10.2 Å². The van der Waals surface area contributed by atoms with Gasteiger partial charge in [-0.1, -0.05) is 12.8 Å². The molecule has 0 aromatic heterocycles. The fourth-order valence-corrected chi connectivity index (χ4v) is 3.15. The Morgan fingerprint density at radius 1 is 1.29 bits per heavy atom. The summed E-state index contributed by atoms with van der Waals surface area (Å²) in [5.74, 6) is -0.0319. The SMILES string of the molecule is O=C1NC2(CCCC2)C(=O)N1C[C@@H]1CCCO1. The summed E-state index contributed by atoms with van der Waals surface area (Å²) in [6.07, 6.45) is 5.66. The lowest BCUT2D eigenvalue weighted by atomic mass is 9.98. The third-order valence-electron chi connectivity index (χ3n) is 4.11. The van der Waals surface area contributed by atoms with E-state index >= 15 is 0 Å². The monoisotopic (exact) mass is 238 g/mol. The first-order chi connectivity index (χ1) is 8.21. The van der Waals surface area contributed by atoms with E-state index in [0.29, 0.717) is 6.54 Å². The van der Waals surface area contributed by atoms with Crippen molar-refractivity contribution >= 4 is 11.9 Å². The molecule has 0 unspecified atom stereocenters. The zero-order valence-electron chi connectivity index (χ0n) is 9.91. The van der Waals surface area contributed by atoms with Gasteiger partial charge in [-0.3, -0.25) is 9.69 Å². The van der Waals surface area contributed by atoms with Crippen molar-refractivity contribution in [3.05, 3.63) is 0 Å². The lowest BCUT2D eigenvalue weighted by molar-refractivity contribution is -0.132. The molecule has 2 heterocycles. The van der Waals surface area contributed by atoms with Crippen LogP contribution in [0.25, 0.3) is 0 Å². The molecule has 2 aliphatic heterocycles. The molecule has 5 heteroatoms. The first-order valence-electron chi connectivity index (χ1n) is 6.47. The van der Waals surface area contributed by atoms with Crippen LogP contribution in [-0.2, 0) is 9.53 Å². The number of hydrogen-bond donors (Lipinski definition) is 1. The normalized spacial score (nSPS) is 31.5. The maximum Gasteiger partial charge on any atom is 0.325 e. The van der Waals surface area contributed by atoms with Crippen LogP contribution < -0.4 is 5.32 Å². The Labute approximate surface area is 100 Å². The van der Waals surface area contributed by atoms with E-state index in [9.17, 15) is 9.59 Å². The minimum atomic E-state index is -0.574. The molecule has 3 fully saturated rings. The summed E-state index contributed by atoms with van der Waals surface area (Å²) in [4.78, 5) is 25.5. The molecule has 2 saturated heterocycles. The molecule has 5 nitrogen and oxygen atoms in total. The number of imide groups is 1. The lowest BCUT2D eigenvalue weighted by Gasteiger charge is -2.21. The van der Waals surface area contributed by atoms with Gasteiger partial charge < -0.3 is 10.1 Å². The number of nitrogens with one attached hydrogen (secondary N) is 1. The van der Waals surface area contributed by atoms with Gasteiger partial charge in [-0.25, -0.2) is 4.79 Å². The Bertz CT molecular complexity index is 344. The van der Waals surface area contributed by atoms with Crippen LogP contribution in [0.4, 0.5) is 4.79 Å². The van der Waals surface area contributed by atoms with E-state index in [-0.39, 0.29) is 18.0 Å². The van der Waals surface area contributed by atoms with Gasteiger partial charge in [0.05, 0.1) is 12.6 Å². The highest BCUT2D eigenvalue weighted by Crippen LogP contribution is 2.35. The average molecular weight is 238 g/mol. The van der Waals surface area contributed by atoms with Crippen molar-refractivity contribution in [2.24, 2.45) is 0 Å². The maximum absolute atomic E-state index is 12.3. The minimum absolute atomic E-state index is 0.0319. The number of ether oxygens (including phenoxy) is 1. The summed E-state index contributed by atoms with van der Waals surface area (Å²) < 4.78 is 5.49. The highest BCUT2D eigenvalue weighted by Gasteiger charge is 2.52. The lowest BCUT2D eigenvalue weighted by Crippen LogP contribution is -2.44. The number of hydrogen-bond acceptors (Lipinski definition) is 3. The summed E-state index contributed by atoms with van der Waals surface area (Å²) in [6.45, 7) is 1.17. The minimum Gasteiger partial charge on any atom is -0.376 e. The molecule has 0 radical (unpaired) electrons. The van der Waals surface area contributed by atoms with Crippen molar-refractivity contribution in [2.45, 2.75) is 50.2 Å². The highest BCUT2D eigenvalue weighted by molar-refractivity contribution is 6.07. The van der Waals surface area contributed by atoms with Crippen molar-refractivity contribution in [3.63, 3.8) is 0 Å². The van der Waals surface area contributed by atoms with Crippen molar-refractivity contribution in [1.29, 1.82) is 0 Å². The van der Waals surface area contributed by atoms with E-state index in [4.69, 9.17) is 4.74 Å². The molecule has 1 N–H and O–H groups in total. The molecule has 1 spiro atoms. The summed E-state index contributed by atoms with van der Waals surface area (Å²) in [6, 6.07) is -0.229. The van der Waals surface area contributed by atoms with Crippen molar-refractivity contribution in [3.8, 4) is 0 Å². The zero-order valence-corrected chi connectivity index (χ0v) is 9.91. The van der Waals surface area contributed by atoms with E-state index in [1.807, 2.05) is 0 Å². The first kappa shape index (κ1) is 11.0. The van der Waals surface area contributed by atoms with E-state index in [1.165, 1.54) is 4.90 Å². The summed E-state index contributed by atoms with van der Waals surface area (Å²) in [7, 11) is 0. The van der Waals surface area contributed by atoms with Crippen LogP contribution in [0.5, 0.6) is 0 Å². The fourth-order valence-electron chi connectivity index (χ4n) is 3.15. The second-order valence-corrected chi connectivity index (χ2v) is 5.27. The topological polar surface area (TPSA) is 58.6 Å². The molecule has 17 heavy (non-hydrogen) atoms. The Hall–Kier alpha value is -1.10. The molecule has 1 atom stereocenters. The molecule has 1 aliphatic carbocycles. The molecular formula is C12H18N2O3. The van der Waals surface area contributed by atoms with Crippen LogP contribution >= 0.6 is 0 Å². The molecule has 0 bridgehead atoms. The van der Waals surface area contributed by atoms with Crippen LogP contribution in [0.1, 0.15) is 38.5 Å². The molecule has 0 aromatic rings. The Morgan fingerprint density at radius 3 is 2.71 bits per heavy atom. The van der Waals surface area contributed by atoms with Gasteiger partial charge in [-0.05, 0) is 25.7 Å². The molecule has 1 saturated carbocycles. The zero-order chi connectivity index (χ0) is 11.9. The maximum atomic E-state index is 12.3. The van der Waals surface area contributed by atoms with E-state index in [2.05, 4.69) is 5.32 Å². The molecule has 3 aliphatic rings. The van der Waals surface area contributed by atoms with Crippen molar-refractivity contribution in [2.75, 3.05) is 13.2 Å². The standard InChI is InChI=1S/C12H18N2O3/c15-10-12(5-1-2-6-12)13-11(16)14(10)8-9-4-3-7-17-9/h9H,1-8H2,(H,13,16)/t9-/m0/s1. The van der Waals surface area contributed by atoms with Gasteiger partial charge in [0.2, 0.25) is 0 Å². The highest BCUT2D eigenvalue weighted by atomic mass is 16.5. The Balaban J connectivity index is 1.72. The summed E-state index contributed by atoms with van der Waals surface area (Å²) in [5, 5.41) is 2.88. The third kappa shape index (κ3) is 1.73. The Morgan fingerprint density at radius 2 is 2.06 bits per heavy atom. The van der Waals surface area contributed by atoms with Gasteiger partial charge in [0.15, 0.2) is 0 Å². The van der Waals surface area contributed by atoms with Crippen LogP contribution in [0.2, 0.25) is 0 Å². The average Bonchev–Trinajstić information content (AvgIpc) is 2.99. The molecular weight excluding hydrogens is 220 g/mol. The smallest absolute Gasteiger partial charge is 0.325 e. The third-order valence-corrected chi connectivity index (χ3v) is 4.11. The second-order valence-electron chi connectivity index (χ2n) is 5.27. The summed E-state index contributed by atoms with van der Waals surface area (Å²) in [5.41, 5.74) is -0.574.